The Morgan fingerprint density at radius 3 is 2.61 bits per heavy atom. The molecule has 0 spiro atoms. The number of hydrogen-bond acceptors (Lipinski definition) is 6. The van der Waals surface area contributed by atoms with Crippen LogP contribution in [0.5, 0.6) is 17.2 Å². The molecule has 2 aromatic carbocycles. The summed E-state index contributed by atoms with van der Waals surface area (Å²) < 4.78 is 16.3. The van der Waals surface area contributed by atoms with Crippen LogP contribution in [0.2, 0.25) is 0 Å². The molecule has 6 heteroatoms. The minimum atomic E-state index is -0.829. The van der Waals surface area contributed by atoms with Crippen molar-refractivity contribution >= 4 is 16.9 Å². The molecule has 1 N–H and O–H groups in total. The molecule has 0 aliphatic rings. The summed E-state index contributed by atoms with van der Waals surface area (Å²) in [7, 11) is 0. The maximum Gasteiger partial charge on any atom is 0.383 e. The average Bonchev–Trinajstić information content (AvgIpc) is 2.71. The van der Waals surface area contributed by atoms with E-state index >= 15 is 0 Å². The van der Waals surface area contributed by atoms with E-state index in [1.807, 2.05) is 19.1 Å². The Balaban J connectivity index is 2.02. The molecule has 3 rings (SSSR count). The zero-order valence-electron chi connectivity index (χ0n) is 15.4. The number of ether oxygens (including phenoxy) is 2. The zero-order chi connectivity index (χ0) is 19.9. The Labute approximate surface area is 161 Å². The number of esters is 1. The SMILES string of the molecule is CCC=CCCOc1c(OC(=O)c2ccccc2)c2cccc(O)c2oc1=O. The molecule has 0 atom stereocenters. The van der Waals surface area contributed by atoms with Gasteiger partial charge in [-0.05, 0) is 37.1 Å². The monoisotopic (exact) mass is 380 g/mol. The normalized spacial score (nSPS) is 11.0. The van der Waals surface area contributed by atoms with Crippen molar-refractivity contribution < 1.29 is 23.8 Å². The molecule has 28 heavy (non-hydrogen) atoms. The molecule has 0 aliphatic heterocycles. The minimum absolute atomic E-state index is 0.0680. The minimum Gasteiger partial charge on any atom is -0.504 e. The second kappa shape index (κ2) is 8.90. The molecule has 0 amide bonds. The molecule has 0 unspecified atom stereocenters. The van der Waals surface area contributed by atoms with Crippen LogP contribution in [-0.4, -0.2) is 17.7 Å². The van der Waals surface area contributed by atoms with Gasteiger partial charge in [0, 0.05) is 0 Å². The van der Waals surface area contributed by atoms with Gasteiger partial charge in [0.25, 0.3) is 0 Å². The van der Waals surface area contributed by atoms with Crippen molar-refractivity contribution in [3.05, 3.63) is 76.7 Å². The number of para-hydroxylation sites is 1. The van der Waals surface area contributed by atoms with Gasteiger partial charge in [0.05, 0.1) is 17.6 Å². The first kappa shape index (κ1) is 19.2. The summed E-state index contributed by atoms with van der Waals surface area (Å²) in [5, 5.41) is 10.3. The highest BCUT2D eigenvalue weighted by molar-refractivity contribution is 5.96. The van der Waals surface area contributed by atoms with E-state index in [0.29, 0.717) is 12.0 Å². The zero-order valence-corrected chi connectivity index (χ0v) is 15.4. The molecule has 3 aromatic rings. The smallest absolute Gasteiger partial charge is 0.383 e. The van der Waals surface area contributed by atoms with Crippen molar-refractivity contribution in [2.24, 2.45) is 0 Å². The fourth-order valence-corrected chi connectivity index (χ4v) is 2.63. The predicted octanol–water partition coefficient (Wildman–Crippen LogP) is 4.45. The van der Waals surface area contributed by atoms with Gasteiger partial charge in [0.1, 0.15) is 0 Å². The van der Waals surface area contributed by atoms with Crippen molar-refractivity contribution in [2.45, 2.75) is 19.8 Å². The molecule has 0 radical (unpaired) electrons. The maximum atomic E-state index is 12.5. The lowest BCUT2D eigenvalue weighted by molar-refractivity contribution is 0.0729. The molecule has 1 aromatic heterocycles. The highest BCUT2D eigenvalue weighted by atomic mass is 16.6. The summed E-state index contributed by atoms with van der Waals surface area (Å²) in [5.74, 6) is -1.15. The van der Waals surface area contributed by atoms with Crippen molar-refractivity contribution in [1.29, 1.82) is 0 Å². The molecule has 6 nitrogen and oxygen atoms in total. The molecule has 1 heterocycles. The maximum absolute atomic E-state index is 12.5. The van der Waals surface area contributed by atoms with E-state index in [4.69, 9.17) is 13.9 Å². The lowest BCUT2D eigenvalue weighted by Gasteiger charge is -2.12. The second-order valence-electron chi connectivity index (χ2n) is 5.97. The van der Waals surface area contributed by atoms with Crippen LogP contribution in [0.15, 0.2) is 69.9 Å². The number of aromatic hydroxyl groups is 1. The number of carbonyl (C=O) groups is 1. The van der Waals surface area contributed by atoms with Gasteiger partial charge in [0.2, 0.25) is 5.75 Å². The molecule has 0 fully saturated rings. The Bertz CT molecular complexity index is 1050. The molecular formula is C22H20O6. The van der Waals surface area contributed by atoms with Crippen molar-refractivity contribution in [2.75, 3.05) is 6.61 Å². The van der Waals surface area contributed by atoms with Crippen molar-refractivity contribution in [3.63, 3.8) is 0 Å². The van der Waals surface area contributed by atoms with E-state index in [0.717, 1.165) is 6.42 Å². The van der Waals surface area contributed by atoms with Crippen LogP contribution >= 0.6 is 0 Å². The quantitative estimate of drug-likeness (QED) is 0.282. The van der Waals surface area contributed by atoms with Crippen LogP contribution in [-0.2, 0) is 0 Å². The van der Waals surface area contributed by atoms with E-state index in [1.54, 1.807) is 42.5 Å². The number of phenols is 1. The van der Waals surface area contributed by atoms with Crippen LogP contribution in [0.4, 0.5) is 0 Å². The van der Waals surface area contributed by atoms with Crippen LogP contribution in [0.3, 0.4) is 0 Å². The van der Waals surface area contributed by atoms with Gasteiger partial charge in [-0.1, -0.05) is 43.3 Å². The number of carbonyl (C=O) groups excluding carboxylic acids is 1. The molecule has 0 bridgehead atoms. The van der Waals surface area contributed by atoms with E-state index in [1.165, 1.54) is 6.07 Å². The summed E-state index contributed by atoms with van der Waals surface area (Å²) in [6.45, 7) is 2.23. The fourth-order valence-electron chi connectivity index (χ4n) is 2.63. The van der Waals surface area contributed by atoms with Gasteiger partial charge in [-0.15, -0.1) is 0 Å². The average molecular weight is 380 g/mol. The first-order valence-corrected chi connectivity index (χ1v) is 8.95. The Hall–Kier alpha value is -3.54. The third kappa shape index (κ3) is 4.23. The van der Waals surface area contributed by atoms with Gasteiger partial charge in [0.15, 0.2) is 17.1 Å². The summed E-state index contributed by atoms with van der Waals surface area (Å²) in [6.07, 6.45) is 5.40. The Morgan fingerprint density at radius 2 is 1.86 bits per heavy atom. The van der Waals surface area contributed by atoms with Crippen LogP contribution in [0.25, 0.3) is 11.0 Å². The van der Waals surface area contributed by atoms with E-state index in [-0.39, 0.29) is 34.8 Å². The predicted molar refractivity (Wildman–Crippen MR) is 105 cm³/mol. The third-order valence-electron chi connectivity index (χ3n) is 3.96. The highest BCUT2D eigenvalue weighted by Gasteiger charge is 2.22. The van der Waals surface area contributed by atoms with Crippen LogP contribution < -0.4 is 15.1 Å². The molecule has 144 valence electrons. The second-order valence-corrected chi connectivity index (χ2v) is 5.97. The highest BCUT2D eigenvalue weighted by Crippen LogP contribution is 2.36. The van der Waals surface area contributed by atoms with Crippen LogP contribution in [0.1, 0.15) is 30.1 Å². The van der Waals surface area contributed by atoms with E-state index < -0.39 is 11.6 Å². The number of allylic oxidation sites excluding steroid dienone is 1. The number of benzene rings is 2. The van der Waals surface area contributed by atoms with Gasteiger partial charge < -0.3 is 19.0 Å². The van der Waals surface area contributed by atoms with Crippen LogP contribution in [0, 0.1) is 0 Å². The number of rotatable bonds is 7. The van der Waals surface area contributed by atoms with Gasteiger partial charge >= 0.3 is 11.6 Å². The first-order valence-electron chi connectivity index (χ1n) is 8.95. The summed E-state index contributed by atoms with van der Waals surface area (Å²) in [6, 6.07) is 12.9. The number of fused-ring (bicyclic) bond motifs is 1. The molecule has 0 aliphatic carbocycles. The molecule has 0 saturated carbocycles. The largest absolute Gasteiger partial charge is 0.504 e. The lowest BCUT2D eigenvalue weighted by Crippen LogP contribution is -2.15. The van der Waals surface area contributed by atoms with Crippen molar-refractivity contribution in [3.8, 4) is 17.2 Å². The number of hydrogen-bond donors (Lipinski definition) is 1. The standard InChI is InChI=1S/C22H20O6/c1-2-3-4-8-14-26-20-19(28-21(24)15-10-6-5-7-11-15)16-12-9-13-17(23)18(16)27-22(20)25/h3-7,9-13,23H,2,8,14H2,1H3. The fraction of sp³-hybridized carbons (Fsp3) is 0.182. The first-order chi connectivity index (χ1) is 13.6. The lowest BCUT2D eigenvalue weighted by atomic mass is 10.2. The van der Waals surface area contributed by atoms with Crippen molar-refractivity contribution in [1.82, 2.24) is 0 Å². The summed E-state index contributed by atoms with van der Waals surface area (Å²) in [5.41, 5.74) is -0.577. The van der Waals surface area contributed by atoms with Gasteiger partial charge in [-0.25, -0.2) is 9.59 Å². The van der Waals surface area contributed by atoms with Gasteiger partial charge in [-0.2, -0.15) is 0 Å². The third-order valence-corrected chi connectivity index (χ3v) is 3.96. The molecule has 0 saturated heterocycles. The number of phenolic OH excluding ortho intramolecular Hbond substituents is 1. The Kier molecular flexibility index (Phi) is 6.11. The van der Waals surface area contributed by atoms with E-state index in [9.17, 15) is 14.7 Å². The van der Waals surface area contributed by atoms with Gasteiger partial charge in [-0.3, -0.25) is 0 Å². The summed E-state index contributed by atoms with van der Waals surface area (Å²) in [4.78, 5) is 25.0. The summed E-state index contributed by atoms with van der Waals surface area (Å²) >= 11 is 0. The Morgan fingerprint density at radius 1 is 1.07 bits per heavy atom. The molecular weight excluding hydrogens is 360 g/mol. The topological polar surface area (TPSA) is 86.0 Å². The van der Waals surface area contributed by atoms with E-state index in [2.05, 4.69) is 0 Å².